The van der Waals surface area contributed by atoms with Crippen LogP contribution in [0.4, 0.5) is 0 Å². The van der Waals surface area contributed by atoms with Gasteiger partial charge >= 0.3 is 0 Å². The van der Waals surface area contributed by atoms with Crippen LogP contribution in [0.5, 0.6) is 5.88 Å². The molecule has 1 aromatic carbocycles. The number of nitrogens with zero attached hydrogens (tertiary/aromatic N) is 3. The van der Waals surface area contributed by atoms with Gasteiger partial charge in [-0.1, -0.05) is 49.4 Å². The molecule has 0 unspecified atom stereocenters. The molecule has 1 aliphatic rings. The van der Waals surface area contributed by atoms with Gasteiger partial charge in [0.25, 0.3) is 5.91 Å². The SMILES string of the molecule is COCC(=O)N(C)C[C@H]1Oc2ncc(/C=C/c3ccccc3)cc2C(=O)N([C@@H](C)CO)C[C@H]1C. The number of aliphatic hydroxyl groups excluding tert-OH is 1. The smallest absolute Gasteiger partial charge is 0.259 e. The van der Waals surface area contributed by atoms with Crippen LogP contribution < -0.4 is 4.74 Å². The third-order valence-corrected chi connectivity index (χ3v) is 5.96. The molecule has 8 heteroatoms. The van der Waals surface area contributed by atoms with Crippen molar-refractivity contribution in [2.24, 2.45) is 5.92 Å². The number of hydrogen-bond acceptors (Lipinski definition) is 6. The minimum atomic E-state index is -0.399. The average Bonchev–Trinajstić information content (AvgIpc) is 2.85. The Bertz CT molecular complexity index is 1010. The number of amides is 2. The number of carbonyl (C=O) groups excluding carboxylic acids is 2. The van der Waals surface area contributed by atoms with Crippen molar-refractivity contribution < 1.29 is 24.2 Å². The highest BCUT2D eigenvalue weighted by molar-refractivity contribution is 5.97. The summed E-state index contributed by atoms with van der Waals surface area (Å²) in [6.45, 7) is 4.28. The van der Waals surface area contributed by atoms with Crippen molar-refractivity contribution in [1.29, 1.82) is 0 Å². The molecule has 1 aromatic heterocycles. The predicted octanol–water partition coefficient (Wildman–Crippen LogP) is 2.58. The number of carbonyl (C=O) groups is 2. The van der Waals surface area contributed by atoms with Gasteiger partial charge in [0.05, 0.1) is 19.2 Å². The molecule has 0 spiro atoms. The van der Waals surface area contributed by atoms with Crippen LogP contribution in [0.3, 0.4) is 0 Å². The van der Waals surface area contributed by atoms with Gasteiger partial charge < -0.3 is 24.4 Å². The van der Waals surface area contributed by atoms with Gasteiger partial charge in [-0.3, -0.25) is 9.59 Å². The number of aromatic nitrogens is 1. The lowest BCUT2D eigenvalue weighted by Crippen LogP contribution is -2.50. The molecule has 0 saturated heterocycles. The molecule has 8 nitrogen and oxygen atoms in total. The van der Waals surface area contributed by atoms with E-state index in [4.69, 9.17) is 9.47 Å². The third kappa shape index (κ3) is 6.21. The fraction of sp³-hybridized carbons (Fsp3) is 0.423. The molecule has 0 aliphatic carbocycles. The Kier molecular flexibility index (Phi) is 8.79. The van der Waals surface area contributed by atoms with Gasteiger partial charge in [0.15, 0.2) is 0 Å². The van der Waals surface area contributed by atoms with E-state index >= 15 is 0 Å². The monoisotopic (exact) mass is 467 g/mol. The number of ether oxygens (including phenoxy) is 2. The summed E-state index contributed by atoms with van der Waals surface area (Å²) >= 11 is 0. The summed E-state index contributed by atoms with van der Waals surface area (Å²) < 4.78 is 11.2. The number of hydrogen-bond donors (Lipinski definition) is 1. The highest BCUT2D eigenvalue weighted by atomic mass is 16.5. The highest BCUT2D eigenvalue weighted by Crippen LogP contribution is 2.28. The van der Waals surface area contributed by atoms with Gasteiger partial charge in [0, 0.05) is 32.8 Å². The molecule has 2 heterocycles. The minimum absolute atomic E-state index is 0.0182. The Morgan fingerprint density at radius 2 is 2.03 bits per heavy atom. The maximum atomic E-state index is 13.5. The van der Waals surface area contributed by atoms with Crippen LogP contribution in [0, 0.1) is 5.92 Å². The number of aliphatic hydroxyl groups is 1. The minimum Gasteiger partial charge on any atom is -0.472 e. The van der Waals surface area contributed by atoms with Gasteiger partial charge in [0.2, 0.25) is 11.8 Å². The first-order valence-electron chi connectivity index (χ1n) is 11.4. The number of pyridine rings is 1. The zero-order valence-electron chi connectivity index (χ0n) is 20.2. The fourth-order valence-corrected chi connectivity index (χ4v) is 3.79. The van der Waals surface area contributed by atoms with Crippen LogP contribution in [-0.2, 0) is 9.53 Å². The zero-order valence-corrected chi connectivity index (χ0v) is 20.2. The largest absolute Gasteiger partial charge is 0.472 e. The topological polar surface area (TPSA) is 92.2 Å². The molecular weight excluding hydrogens is 434 g/mol. The fourth-order valence-electron chi connectivity index (χ4n) is 3.79. The van der Waals surface area contributed by atoms with Crippen molar-refractivity contribution in [2.45, 2.75) is 26.0 Å². The van der Waals surface area contributed by atoms with Crippen molar-refractivity contribution in [3.63, 3.8) is 0 Å². The average molecular weight is 468 g/mol. The van der Waals surface area contributed by atoms with Crippen LogP contribution in [0.25, 0.3) is 12.2 Å². The van der Waals surface area contributed by atoms with E-state index in [2.05, 4.69) is 4.98 Å². The normalized spacial score (nSPS) is 19.2. The van der Waals surface area contributed by atoms with E-state index in [0.717, 1.165) is 11.1 Å². The van der Waals surface area contributed by atoms with Gasteiger partial charge in [-0.05, 0) is 24.1 Å². The molecule has 182 valence electrons. The molecule has 2 amide bonds. The molecule has 0 saturated carbocycles. The van der Waals surface area contributed by atoms with Gasteiger partial charge in [-0.15, -0.1) is 0 Å². The van der Waals surface area contributed by atoms with E-state index in [-0.39, 0.29) is 42.9 Å². The molecular formula is C26H33N3O5. The quantitative estimate of drug-likeness (QED) is 0.642. The van der Waals surface area contributed by atoms with Gasteiger partial charge in [0.1, 0.15) is 18.3 Å². The Morgan fingerprint density at radius 3 is 2.71 bits per heavy atom. The number of methoxy groups -OCH3 is 1. The number of rotatable bonds is 8. The van der Waals surface area contributed by atoms with E-state index in [9.17, 15) is 14.7 Å². The van der Waals surface area contributed by atoms with Crippen LogP contribution in [0.2, 0.25) is 0 Å². The summed E-state index contributed by atoms with van der Waals surface area (Å²) in [5.74, 6) is -0.288. The molecule has 3 atom stereocenters. The first kappa shape index (κ1) is 25.4. The second kappa shape index (κ2) is 11.8. The van der Waals surface area contributed by atoms with E-state index < -0.39 is 6.10 Å². The summed E-state index contributed by atoms with van der Waals surface area (Å²) in [4.78, 5) is 33.4. The van der Waals surface area contributed by atoms with Crippen LogP contribution in [0.1, 0.15) is 35.3 Å². The first-order valence-corrected chi connectivity index (χ1v) is 11.4. The van der Waals surface area contributed by atoms with Crippen LogP contribution in [-0.4, -0.2) is 84.3 Å². The third-order valence-electron chi connectivity index (χ3n) is 5.96. The Hall–Kier alpha value is -3.23. The van der Waals surface area contributed by atoms with Gasteiger partial charge in [-0.25, -0.2) is 4.98 Å². The maximum absolute atomic E-state index is 13.5. The summed E-state index contributed by atoms with van der Waals surface area (Å²) in [5, 5.41) is 9.79. The summed E-state index contributed by atoms with van der Waals surface area (Å²) in [5.41, 5.74) is 2.12. The van der Waals surface area contributed by atoms with Crippen molar-refractivity contribution in [1.82, 2.24) is 14.8 Å². The number of likely N-dealkylation sites (N-methyl/N-ethyl adjacent to an activating group) is 1. The molecule has 3 rings (SSSR count). The number of benzene rings is 1. The molecule has 0 fully saturated rings. The summed E-state index contributed by atoms with van der Waals surface area (Å²) in [6.07, 6.45) is 5.11. The second-order valence-electron chi connectivity index (χ2n) is 8.70. The zero-order chi connectivity index (χ0) is 24.7. The lowest BCUT2D eigenvalue weighted by molar-refractivity contribution is -0.135. The van der Waals surface area contributed by atoms with Crippen molar-refractivity contribution in [2.75, 3.05) is 40.5 Å². The predicted molar refractivity (Wildman–Crippen MR) is 130 cm³/mol. The van der Waals surface area contributed by atoms with E-state index in [1.807, 2.05) is 56.3 Å². The summed E-state index contributed by atoms with van der Waals surface area (Å²) in [7, 11) is 3.17. The molecule has 1 aliphatic heterocycles. The standard InChI is InChI=1S/C26H33N3O5/c1-18-14-29(19(2)16-30)26(32)22-12-21(11-10-20-8-6-5-7-9-20)13-27-25(22)34-23(18)15-28(3)24(31)17-33-4/h5-13,18-19,23,30H,14-17H2,1-4H3/b11-10+/t18-,19+,23-/m1/s1. The lowest BCUT2D eigenvalue weighted by Gasteiger charge is -2.37. The Labute approximate surface area is 200 Å². The van der Waals surface area contributed by atoms with E-state index in [0.29, 0.717) is 18.7 Å². The molecule has 0 bridgehead atoms. The van der Waals surface area contributed by atoms with Crippen molar-refractivity contribution >= 4 is 24.0 Å². The number of fused-ring (bicyclic) bond motifs is 1. The second-order valence-corrected chi connectivity index (χ2v) is 8.70. The van der Waals surface area contributed by atoms with Crippen molar-refractivity contribution in [3.05, 3.63) is 59.3 Å². The highest BCUT2D eigenvalue weighted by Gasteiger charge is 2.34. The van der Waals surface area contributed by atoms with Gasteiger partial charge in [-0.2, -0.15) is 0 Å². The summed E-state index contributed by atoms with van der Waals surface area (Å²) in [6, 6.07) is 11.2. The molecule has 34 heavy (non-hydrogen) atoms. The van der Waals surface area contributed by atoms with Crippen molar-refractivity contribution in [3.8, 4) is 5.88 Å². The van der Waals surface area contributed by atoms with Crippen LogP contribution in [0.15, 0.2) is 42.6 Å². The Balaban J connectivity index is 1.94. The molecule has 0 radical (unpaired) electrons. The lowest BCUT2D eigenvalue weighted by atomic mass is 9.99. The van der Waals surface area contributed by atoms with Crippen LogP contribution >= 0.6 is 0 Å². The van der Waals surface area contributed by atoms with E-state index in [1.165, 1.54) is 7.11 Å². The Morgan fingerprint density at radius 1 is 1.32 bits per heavy atom. The first-order chi connectivity index (χ1) is 16.3. The van der Waals surface area contributed by atoms with E-state index in [1.54, 1.807) is 29.1 Å². The molecule has 1 N–H and O–H groups in total. The molecule has 2 aromatic rings. The maximum Gasteiger partial charge on any atom is 0.259 e.